The van der Waals surface area contributed by atoms with Crippen LogP contribution in [0.1, 0.15) is 28.0 Å². The van der Waals surface area contributed by atoms with Gasteiger partial charge in [-0.25, -0.2) is 0 Å². The van der Waals surface area contributed by atoms with Crippen molar-refractivity contribution in [2.75, 3.05) is 6.61 Å². The summed E-state index contributed by atoms with van der Waals surface area (Å²) in [6, 6.07) is 7.56. The van der Waals surface area contributed by atoms with Gasteiger partial charge in [-0.15, -0.1) is 0 Å². The number of amides is 1. The lowest BCUT2D eigenvalue weighted by molar-refractivity contribution is 0.0946. The van der Waals surface area contributed by atoms with Gasteiger partial charge in [0.15, 0.2) is 5.69 Å². The number of hydrogen-bond acceptors (Lipinski definition) is 4. The smallest absolute Gasteiger partial charge is 0.273 e. The van der Waals surface area contributed by atoms with Gasteiger partial charge in [0, 0.05) is 18.5 Å². The molecule has 102 valence electrons. The zero-order chi connectivity index (χ0) is 14.2. The fourth-order valence-corrected chi connectivity index (χ4v) is 1.56. The molecule has 1 aromatic heterocycles. The number of H-pyrrole nitrogens is 1. The van der Waals surface area contributed by atoms with Crippen LogP contribution < -0.4 is 5.32 Å². The van der Waals surface area contributed by atoms with Crippen molar-refractivity contribution in [3.8, 4) is 11.8 Å². The van der Waals surface area contributed by atoms with Crippen LogP contribution in [-0.2, 0) is 6.54 Å². The maximum absolute atomic E-state index is 11.7. The second-order valence-corrected chi connectivity index (χ2v) is 4.01. The van der Waals surface area contributed by atoms with Crippen LogP contribution >= 0.6 is 0 Å². The third-order valence-electron chi connectivity index (χ3n) is 2.50. The van der Waals surface area contributed by atoms with Crippen molar-refractivity contribution in [3.63, 3.8) is 0 Å². The standard InChI is InChI=1S/C14H14N4O2/c19-7-2-1-4-11-5-3-6-12(8-11)9-15-14(20)13-10-16-18-17-13/h3,5-6,8,10,19H,2,7,9H2,(H,15,20)(H,16,17,18). The molecular weight excluding hydrogens is 256 g/mol. The maximum atomic E-state index is 11.7. The minimum atomic E-state index is -0.282. The Kier molecular flexibility index (Phi) is 4.87. The third-order valence-corrected chi connectivity index (χ3v) is 2.50. The van der Waals surface area contributed by atoms with Crippen LogP contribution in [0.25, 0.3) is 0 Å². The topological polar surface area (TPSA) is 90.9 Å². The van der Waals surface area contributed by atoms with E-state index < -0.39 is 0 Å². The van der Waals surface area contributed by atoms with Gasteiger partial charge in [-0.1, -0.05) is 24.0 Å². The first-order valence-corrected chi connectivity index (χ1v) is 6.12. The summed E-state index contributed by atoms with van der Waals surface area (Å²) < 4.78 is 0. The molecule has 0 aliphatic rings. The molecule has 20 heavy (non-hydrogen) atoms. The Bertz CT molecular complexity index is 626. The van der Waals surface area contributed by atoms with E-state index in [0.717, 1.165) is 11.1 Å². The minimum absolute atomic E-state index is 0.0560. The minimum Gasteiger partial charge on any atom is -0.395 e. The summed E-state index contributed by atoms with van der Waals surface area (Å²) >= 11 is 0. The number of carbonyl (C=O) groups is 1. The molecule has 0 saturated carbocycles. The van der Waals surface area contributed by atoms with E-state index in [9.17, 15) is 4.79 Å². The Hall–Kier alpha value is -2.65. The van der Waals surface area contributed by atoms with E-state index in [0.29, 0.717) is 13.0 Å². The van der Waals surface area contributed by atoms with E-state index in [1.54, 1.807) is 0 Å². The SMILES string of the molecule is O=C(NCc1cccc(C#CCCO)c1)c1cn[nH]n1. The van der Waals surface area contributed by atoms with Gasteiger partial charge < -0.3 is 10.4 Å². The first kappa shape index (κ1) is 13.8. The highest BCUT2D eigenvalue weighted by atomic mass is 16.2. The highest BCUT2D eigenvalue weighted by Crippen LogP contribution is 2.04. The molecule has 1 aromatic carbocycles. The molecule has 0 unspecified atom stereocenters. The molecule has 2 aromatic rings. The van der Waals surface area contributed by atoms with Gasteiger partial charge in [-0.3, -0.25) is 4.79 Å². The second-order valence-electron chi connectivity index (χ2n) is 4.01. The number of aliphatic hydroxyl groups is 1. The number of benzene rings is 1. The highest BCUT2D eigenvalue weighted by Gasteiger charge is 2.07. The number of nitrogens with one attached hydrogen (secondary N) is 2. The molecule has 0 aliphatic heterocycles. The first-order chi connectivity index (χ1) is 9.79. The van der Waals surface area contributed by atoms with Crippen molar-refractivity contribution in [3.05, 3.63) is 47.3 Å². The Morgan fingerprint density at radius 3 is 3.10 bits per heavy atom. The summed E-state index contributed by atoms with van der Waals surface area (Å²) in [6.07, 6.45) is 1.82. The number of aliphatic hydroxyl groups excluding tert-OH is 1. The second kappa shape index (κ2) is 7.07. The van der Waals surface area contributed by atoms with E-state index >= 15 is 0 Å². The van der Waals surface area contributed by atoms with Crippen LogP contribution in [0.2, 0.25) is 0 Å². The molecule has 0 atom stereocenters. The van der Waals surface area contributed by atoms with Crippen molar-refractivity contribution < 1.29 is 9.90 Å². The quantitative estimate of drug-likeness (QED) is 0.704. The first-order valence-electron chi connectivity index (χ1n) is 6.12. The van der Waals surface area contributed by atoms with Gasteiger partial charge in [0.2, 0.25) is 0 Å². The average molecular weight is 270 g/mol. The highest BCUT2D eigenvalue weighted by molar-refractivity contribution is 5.91. The average Bonchev–Trinajstić information content (AvgIpc) is 3.00. The van der Waals surface area contributed by atoms with Gasteiger partial charge in [-0.2, -0.15) is 15.4 Å². The van der Waals surface area contributed by atoms with Crippen LogP contribution in [0.5, 0.6) is 0 Å². The molecule has 0 radical (unpaired) electrons. The van der Waals surface area contributed by atoms with Gasteiger partial charge >= 0.3 is 0 Å². The third kappa shape index (κ3) is 3.93. The van der Waals surface area contributed by atoms with Crippen LogP contribution in [0.3, 0.4) is 0 Å². The molecule has 2 rings (SSSR count). The summed E-state index contributed by atoms with van der Waals surface area (Å²) in [6.45, 7) is 0.446. The molecule has 0 bridgehead atoms. The monoisotopic (exact) mass is 270 g/mol. The van der Waals surface area contributed by atoms with E-state index in [4.69, 9.17) is 5.11 Å². The summed E-state index contributed by atoms with van der Waals surface area (Å²) in [5, 5.41) is 21.1. The predicted molar refractivity (Wildman–Crippen MR) is 72.6 cm³/mol. The summed E-state index contributed by atoms with van der Waals surface area (Å²) in [5.41, 5.74) is 2.05. The number of aromatic nitrogens is 3. The zero-order valence-electron chi connectivity index (χ0n) is 10.8. The Morgan fingerprint density at radius 1 is 1.45 bits per heavy atom. The number of hydrogen-bond donors (Lipinski definition) is 3. The fraction of sp³-hybridized carbons (Fsp3) is 0.214. The molecule has 6 nitrogen and oxygen atoms in total. The van der Waals surface area contributed by atoms with E-state index in [1.165, 1.54) is 6.20 Å². The number of aromatic amines is 1. The molecular formula is C14H14N4O2. The van der Waals surface area contributed by atoms with Crippen molar-refractivity contribution in [1.29, 1.82) is 0 Å². The molecule has 1 amide bonds. The largest absolute Gasteiger partial charge is 0.395 e. The van der Waals surface area contributed by atoms with E-state index in [2.05, 4.69) is 32.6 Å². The summed E-state index contributed by atoms with van der Waals surface area (Å²) in [4.78, 5) is 11.7. The van der Waals surface area contributed by atoms with Crippen LogP contribution in [0.4, 0.5) is 0 Å². The molecule has 0 fully saturated rings. The number of rotatable bonds is 4. The molecule has 0 saturated heterocycles. The Labute approximate surface area is 116 Å². The van der Waals surface area contributed by atoms with Crippen LogP contribution in [0.15, 0.2) is 30.5 Å². The Balaban J connectivity index is 1.95. The lowest BCUT2D eigenvalue weighted by atomic mass is 10.1. The van der Waals surface area contributed by atoms with Crippen molar-refractivity contribution in [1.82, 2.24) is 20.7 Å². The van der Waals surface area contributed by atoms with Crippen molar-refractivity contribution in [2.45, 2.75) is 13.0 Å². The van der Waals surface area contributed by atoms with E-state index in [-0.39, 0.29) is 18.2 Å². The summed E-state index contributed by atoms with van der Waals surface area (Å²) in [5.74, 6) is 5.53. The van der Waals surface area contributed by atoms with Gasteiger partial charge in [0.05, 0.1) is 12.8 Å². The Morgan fingerprint density at radius 2 is 2.35 bits per heavy atom. The number of nitrogens with zero attached hydrogens (tertiary/aromatic N) is 2. The molecule has 0 aliphatic carbocycles. The summed E-state index contributed by atoms with van der Waals surface area (Å²) in [7, 11) is 0. The van der Waals surface area contributed by atoms with Gasteiger partial charge in [0.1, 0.15) is 0 Å². The van der Waals surface area contributed by atoms with Crippen LogP contribution in [0, 0.1) is 11.8 Å². The molecule has 6 heteroatoms. The van der Waals surface area contributed by atoms with E-state index in [1.807, 2.05) is 24.3 Å². The van der Waals surface area contributed by atoms with Gasteiger partial charge in [0.25, 0.3) is 5.91 Å². The maximum Gasteiger partial charge on any atom is 0.273 e. The normalized spacial score (nSPS) is 9.65. The molecule has 1 heterocycles. The molecule has 3 N–H and O–H groups in total. The fourth-order valence-electron chi connectivity index (χ4n) is 1.56. The lowest BCUT2D eigenvalue weighted by Gasteiger charge is -2.03. The zero-order valence-corrected chi connectivity index (χ0v) is 10.8. The number of carbonyl (C=O) groups excluding carboxylic acids is 1. The van der Waals surface area contributed by atoms with Gasteiger partial charge in [-0.05, 0) is 17.7 Å². The van der Waals surface area contributed by atoms with Crippen molar-refractivity contribution >= 4 is 5.91 Å². The predicted octanol–water partition coefficient (Wildman–Crippen LogP) is 0.469. The van der Waals surface area contributed by atoms with Crippen molar-refractivity contribution in [2.24, 2.45) is 0 Å². The molecule has 0 spiro atoms. The van der Waals surface area contributed by atoms with Crippen LogP contribution in [-0.4, -0.2) is 33.0 Å². The lowest BCUT2D eigenvalue weighted by Crippen LogP contribution is -2.23.